The standard InChI is InChI=1S/C23H26ClN3O3S/c1-16-2-3-17(6-10-28)12-21(16)30-11-9-26-7-8-27(14-19(26)15-29)23-25-20-5-4-18(24)13-22(20)31-23/h2-5,10,12-13,19,29H,6-9,11,14-15H2,1H3. The van der Waals surface area contributed by atoms with Crippen LogP contribution >= 0.6 is 22.9 Å². The number of hydrogen-bond donors (Lipinski definition) is 1. The zero-order chi connectivity index (χ0) is 21.8. The fourth-order valence-corrected chi connectivity index (χ4v) is 5.13. The average molecular weight is 460 g/mol. The van der Waals surface area contributed by atoms with Gasteiger partial charge in [0.25, 0.3) is 0 Å². The topological polar surface area (TPSA) is 65.9 Å². The summed E-state index contributed by atoms with van der Waals surface area (Å²) in [7, 11) is 0. The van der Waals surface area contributed by atoms with Crippen LogP contribution in [0.2, 0.25) is 5.02 Å². The number of benzene rings is 2. The van der Waals surface area contributed by atoms with Gasteiger partial charge in [-0.05, 0) is 42.3 Å². The number of aliphatic hydroxyl groups excluding tert-OH is 1. The lowest BCUT2D eigenvalue weighted by Crippen LogP contribution is -2.55. The second-order valence-corrected chi connectivity index (χ2v) is 9.19. The lowest BCUT2D eigenvalue weighted by molar-refractivity contribution is -0.107. The van der Waals surface area contributed by atoms with Crippen molar-refractivity contribution in [2.45, 2.75) is 19.4 Å². The molecule has 1 aliphatic rings. The van der Waals surface area contributed by atoms with Crippen molar-refractivity contribution in [2.24, 2.45) is 0 Å². The fraction of sp³-hybridized carbons (Fsp3) is 0.391. The number of rotatable bonds is 8. The highest BCUT2D eigenvalue weighted by molar-refractivity contribution is 7.22. The largest absolute Gasteiger partial charge is 0.492 e. The van der Waals surface area contributed by atoms with Crippen molar-refractivity contribution in [1.82, 2.24) is 9.88 Å². The van der Waals surface area contributed by atoms with Gasteiger partial charge in [-0.3, -0.25) is 4.90 Å². The van der Waals surface area contributed by atoms with Crippen LogP contribution in [0.3, 0.4) is 0 Å². The van der Waals surface area contributed by atoms with E-state index < -0.39 is 0 Å². The number of anilines is 1. The molecule has 2 heterocycles. The van der Waals surface area contributed by atoms with Gasteiger partial charge in [0.2, 0.25) is 0 Å². The van der Waals surface area contributed by atoms with E-state index in [2.05, 4.69) is 9.80 Å². The highest BCUT2D eigenvalue weighted by Gasteiger charge is 2.28. The van der Waals surface area contributed by atoms with Gasteiger partial charge in [-0.1, -0.05) is 35.1 Å². The van der Waals surface area contributed by atoms with Crippen molar-refractivity contribution in [3.8, 4) is 5.75 Å². The van der Waals surface area contributed by atoms with E-state index in [0.717, 1.165) is 64.7 Å². The Kier molecular flexibility index (Phi) is 7.07. The lowest BCUT2D eigenvalue weighted by atomic mass is 10.1. The molecule has 4 rings (SSSR count). The molecule has 1 aliphatic heterocycles. The molecule has 0 spiro atoms. The molecule has 1 saturated heterocycles. The predicted octanol–water partition coefficient (Wildman–Crippen LogP) is 3.56. The van der Waals surface area contributed by atoms with Gasteiger partial charge in [-0.15, -0.1) is 0 Å². The Morgan fingerprint density at radius 3 is 2.97 bits per heavy atom. The molecule has 0 bridgehead atoms. The van der Waals surface area contributed by atoms with E-state index in [9.17, 15) is 9.90 Å². The molecule has 0 aliphatic carbocycles. The number of carbonyl (C=O) groups is 1. The number of halogens is 1. The Labute approximate surface area is 191 Å². The maximum Gasteiger partial charge on any atom is 0.186 e. The molecular formula is C23H26ClN3O3S. The predicted molar refractivity (Wildman–Crippen MR) is 126 cm³/mol. The highest BCUT2D eigenvalue weighted by Crippen LogP contribution is 2.31. The van der Waals surface area contributed by atoms with Gasteiger partial charge < -0.3 is 19.5 Å². The Morgan fingerprint density at radius 2 is 2.16 bits per heavy atom. The number of aromatic nitrogens is 1. The summed E-state index contributed by atoms with van der Waals surface area (Å²) in [6.07, 6.45) is 1.29. The van der Waals surface area contributed by atoms with Gasteiger partial charge in [0.15, 0.2) is 5.13 Å². The zero-order valence-electron chi connectivity index (χ0n) is 17.5. The molecule has 1 N–H and O–H groups in total. The van der Waals surface area contributed by atoms with Crippen LogP contribution in [0.15, 0.2) is 36.4 Å². The third-order valence-electron chi connectivity index (χ3n) is 5.63. The van der Waals surface area contributed by atoms with E-state index in [0.29, 0.717) is 18.1 Å². The average Bonchev–Trinajstić information content (AvgIpc) is 3.19. The van der Waals surface area contributed by atoms with Crippen LogP contribution in [0.5, 0.6) is 5.75 Å². The number of piperazine rings is 1. The first kappa shape index (κ1) is 22.0. The van der Waals surface area contributed by atoms with E-state index in [1.54, 1.807) is 11.3 Å². The van der Waals surface area contributed by atoms with Crippen molar-refractivity contribution < 1.29 is 14.6 Å². The van der Waals surface area contributed by atoms with Gasteiger partial charge in [0.05, 0.1) is 22.9 Å². The maximum atomic E-state index is 10.8. The SMILES string of the molecule is Cc1ccc(CC=O)cc1OCCN1CCN(c2nc3ccc(Cl)cc3s2)CC1CO. The molecule has 3 aromatic rings. The third kappa shape index (κ3) is 5.18. The Hall–Kier alpha value is -2.19. The minimum absolute atomic E-state index is 0.0236. The van der Waals surface area contributed by atoms with Crippen LogP contribution in [0, 0.1) is 6.92 Å². The Morgan fingerprint density at radius 1 is 1.29 bits per heavy atom. The van der Waals surface area contributed by atoms with Crippen molar-refractivity contribution >= 4 is 44.6 Å². The normalized spacial score (nSPS) is 17.3. The van der Waals surface area contributed by atoms with E-state index in [1.165, 1.54) is 0 Å². The molecule has 1 unspecified atom stereocenters. The number of aldehydes is 1. The number of aliphatic hydroxyl groups is 1. The van der Waals surface area contributed by atoms with Crippen LogP contribution < -0.4 is 9.64 Å². The van der Waals surface area contributed by atoms with E-state index >= 15 is 0 Å². The van der Waals surface area contributed by atoms with Crippen LogP contribution in [-0.4, -0.2) is 66.7 Å². The number of nitrogens with zero attached hydrogens (tertiary/aromatic N) is 3. The van der Waals surface area contributed by atoms with Gasteiger partial charge in [-0.2, -0.15) is 0 Å². The summed E-state index contributed by atoms with van der Waals surface area (Å²) in [5, 5.41) is 11.7. The molecule has 0 saturated carbocycles. The van der Waals surface area contributed by atoms with E-state index in [1.807, 2.05) is 43.3 Å². The molecule has 0 amide bonds. The minimum atomic E-state index is 0.0236. The molecular weight excluding hydrogens is 434 g/mol. The number of aryl methyl sites for hydroxylation is 1. The number of hydrogen-bond acceptors (Lipinski definition) is 7. The van der Waals surface area contributed by atoms with Gasteiger partial charge in [0, 0.05) is 37.6 Å². The first-order chi connectivity index (χ1) is 15.1. The molecule has 1 aromatic heterocycles. The van der Waals surface area contributed by atoms with Crippen LogP contribution in [-0.2, 0) is 11.2 Å². The number of ether oxygens (including phenoxy) is 1. The van der Waals surface area contributed by atoms with Gasteiger partial charge >= 0.3 is 0 Å². The fourth-order valence-electron chi connectivity index (χ4n) is 3.85. The second kappa shape index (κ2) is 9.96. The van der Waals surface area contributed by atoms with Crippen LogP contribution in [0.1, 0.15) is 11.1 Å². The summed E-state index contributed by atoms with van der Waals surface area (Å²) in [5.74, 6) is 0.812. The smallest absolute Gasteiger partial charge is 0.186 e. The molecule has 0 radical (unpaired) electrons. The van der Waals surface area contributed by atoms with Crippen LogP contribution in [0.25, 0.3) is 10.2 Å². The summed E-state index contributed by atoms with van der Waals surface area (Å²) in [6.45, 7) is 5.74. The maximum absolute atomic E-state index is 10.8. The van der Waals surface area contributed by atoms with Crippen molar-refractivity contribution in [2.75, 3.05) is 44.3 Å². The Balaban J connectivity index is 1.35. The number of fused-ring (bicyclic) bond motifs is 1. The Bertz CT molecular complexity index is 1060. The zero-order valence-corrected chi connectivity index (χ0v) is 19.0. The first-order valence-electron chi connectivity index (χ1n) is 10.4. The minimum Gasteiger partial charge on any atom is -0.492 e. The van der Waals surface area contributed by atoms with Gasteiger partial charge in [-0.25, -0.2) is 4.98 Å². The molecule has 1 atom stereocenters. The number of carbonyl (C=O) groups excluding carboxylic acids is 1. The molecule has 1 fully saturated rings. The lowest BCUT2D eigenvalue weighted by Gasteiger charge is -2.40. The third-order valence-corrected chi connectivity index (χ3v) is 6.95. The summed E-state index contributed by atoms with van der Waals surface area (Å²) in [6, 6.07) is 11.6. The summed E-state index contributed by atoms with van der Waals surface area (Å²) >= 11 is 7.74. The monoisotopic (exact) mass is 459 g/mol. The second-order valence-electron chi connectivity index (χ2n) is 7.75. The van der Waals surface area contributed by atoms with Crippen molar-refractivity contribution in [3.63, 3.8) is 0 Å². The highest BCUT2D eigenvalue weighted by atomic mass is 35.5. The van der Waals surface area contributed by atoms with Gasteiger partial charge in [0.1, 0.15) is 18.6 Å². The summed E-state index contributed by atoms with van der Waals surface area (Å²) in [5.41, 5.74) is 2.96. The quantitative estimate of drug-likeness (QED) is 0.519. The molecule has 8 heteroatoms. The van der Waals surface area contributed by atoms with Crippen molar-refractivity contribution in [3.05, 3.63) is 52.5 Å². The molecule has 2 aromatic carbocycles. The number of thiazole rings is 1. The summed E-state index contributed by atoms with van der Waals surface area (Å²) < 4.78 is 7.08. The summed E-state index contributed by atoms with van der Waals surface area (Å²) in [4.78, 5) is 20.0. The van der Waals surface area contributed by atoms with E-state index in [4.69, 9.17) is 21.3 Å². The first-order valence-corrected chi connectivity index (χ1v) is 11.6. The molecule has 31 heavy (non-hydrogen) atoms. The van der Waals surface area contributed by atoms with Crippen molar-refractivity contribution in [1.29, 1.82) is 0 Å². The molecule has 164 valence electrons. The van der Waals surface area contributed by atoms with E-state index in [-0.39, 0.29) is 12.6 Å². The van der Waals surface area contributed by atoms with Crippen LogP contribution in [0.4, 0.5) is 5.13 Å². The molecule has 6 nitrogen and oxygen atoms in total.